The summed E-state index contributed by atoms with van der Waals surface area (Å²) in [6.07, 6.45) is 1.71. The van der Waals surface area contributed by atoms with Gasteiger partial charge in [-0.3, -0.25) is 14.3 Å². The molecule has 0 spiro atoms. The molecular weight excluding hydrogens is 396 g/mol. The fraction of sp³-hybridized carbons (Fsp3) is 0.217. The molecule has 0 bridgehead atoms. The van der Waals surface area contributed by atoms with Gasteiger partial charge in [0, 0.05) is 30.7 Å². The van der Waals surface area contributed by atoms with Crippen LogP contribution in [0.2, 0.25) is 0 Å². The number of amides is 1. The molecule has 158 valence electrons. The fourth-order valence-electron chi connectivity index (χ4n) is 3.03. The van der Waals surface area contributed by atoms with Gasteiger partial charge in [0.1, 0.15) is 5.76 Å². The third-order valence-electron chi connectivity index (χ3n) is 4.60. The third-order valence-corrected chi connectivity index (χ3v) is 4.60. The fourth-order valence-corrected chi connectivity index (χ4v) is 3.03. The first kappa shape index (κ1) is 20.3. The van der Waals surface area contributed by atoms with Crippen LogP contribution in [-0.2, 0) is 6.54 Å². The Morgan fingerprint density at radius 2 is 1.84 bits per heavy atom. The summed E-state index contributed by atoms with van der Waals surface area (Å²) in [5, 5.41) is 7.12. The van der Waals surface area contributed by atoms with E-state index in [4.69, 9.17) is 8.83 Å². The summed E-state index contributed by atoms with van der Waals surface area (Å²) >= 11 is 0. The molecular formula is C23H22N4O4. The molecule has 1 aromatic carbocycles. The van der Waals surface area contributed by atoms with Crippen LogP contribution in [0.5, 0.6) is 0 Å². The first-order chi connectivity index (χ1) is 14.9. The molecule has 0 aliphatic carbocycles. The van der Waals surface area contributed by atoms with Crippen molar-refractivity contribution in [2.45, 2.75) is 33.2 Å². The molecule has 0 saturated carbocycles. The normalized spacial score (nSPS) is 11.1. The van der Waals surface area contributed by atoms with Crippen molar-refractivity contribution >= 4 is 17.5 Å². The monoisotopic (exact) mass is 418 g/mol. The maximum atomic E-state index is 13.0. The highest BCUT2D eigenvalue weighted by molar-refractivity contribution is 6.06. The molecule has 0 atom stereocenters. The number of ketones is 1. The number of nitrogens with zero attached hydrogens (tertiary/aromatic N) is 3. The summed E-state index contributed by atoms with van der Waals surface area (Å²) in [6.45, 7) is 5.69. The van der Waals surface area contributed by atoms with Gasteiger partial charge in [-0.1, -0.05) is 44.2 Å². The maximum Gasteiger partial charge on any atom is 0.279 e. The Morgan fingerprint density at radius 1 is 1.06 bits per heavy atom. The van der Waals surface area contributed by atoms with Gasteiger partial charge in [-0.25, -0.2) is 4.98 Å². The van der Waals surface area contributed by atoms with Crippen molar-refractivity contribution in [3.8, 4) is 11.3 Å². The van der Waals surface area contributed by atoms with Crippen molar-refractivity contribution in [2.24, 2.45) is 0 Å². The number of benzene rings is 1. The molecule has 8 heteroatoms. The number of oxazole rings is 1. The molecule has 1 amide bonds. The van der Waals surface area contributed by atoms with Gasteiger partial charge in [-0.05, 0) is 12.1 Å². The largest absolute Gasteiger partial charge is 0.456 e. The lowest BCUT2D eigenvalue weighted by Gasteiger charge is -2.02. The third kappa shape index (κ3) is 4.48. The minimum Gasteiger partial charge on any atom is -0.456 e. The van der Waals surface area contributed by atoms with E-state index in [0.29, 0.717) is 35.5 Å². The van der Waals surface area contributed by atoms with Crippen LogP contribution in [0.25, 0.3) is 11.3 Å². The van der Waals surface area contributed by atoms with Crippen LogP contribution in [0.3, 0.4) is 0 Å². The number of rotatable bonds is 7. The van der Waals surface area contributed by atoms with Gasteiger partial charge in [0.05, 0.1) is 6.54 Å². The molecule has 4 rings (SSSR count). The van der Waals surface area contributed by atoms with E-state index in [-0.39, 0.29) is 17.4 Å². The smallest absolute Gasteiger partial charge is 0.279 e. The van der Waals surface area contributed by atoms with Gasteiger partial charge in [0.25, 0.3) is 5.91 Å². The minimum atomic E-state index is -0.406. The average Bonchev–Trinajstić information content (AvgIpc) is 3.48. The Labute approximate surface area is 178 Å². The standard InChI is InChI=1S/C23H22N4O4/c1-14(2)23-25-20(21(31-23)16-7-5-4-6-8-16)22(29)24-19-11-12-27(26-19)13-17-9-10-18(30-17)15(3)28/h4-12,14H,13H2,1-3H3,(H,24,26,29). The van der Waals surface area contributed by atoms with Gasteiger partial charge in [-0.15, -0.1) is 0 Å². The second kappa shape index (κ2) is 8.43. The SMILES string of the molecule is CC(=O)c1ccc(Cn2ccc(NC(=O)c3nc(C(C)C)oc3-c3ccccc3)n2)o1. The van der Waals surface area contributed by atoms with Crippen molar-refractivity contribution in [1.29, 1.82) is 0 Å². The quantitative estimate of drug-likeness (QED) is 0.434. The molecule has 0 fully saturated rings. The Hall–Kier alpha value is -3.94. The van der Waals surface area contributed by atoms with Crippen molar-refractivity contribution in [3.63, 3.8) is 0 Å². The Balaban J connectivity index is 1.53. The topological polar surface area (TPSA) is 103 Å². The van der Waals surface area contributed by atoms with Gasteiger partial charge in [0.15, 0.2) is 34.7 Å². The summed E-state index contributed by atoms with van der Waals surface area (Å²) in [5.41, 5.74) is 0.984. The second-order valence-electron chi connectivity index (χ2n) is 7.43. The summed E-state index contributed by atoms with van der Waals surface area (Å²) in [6, 6.07) is 14.4. The predicted octanol–water partition coefficient (Wildman–Crippen LogP) is 4.76. The lowest BCUT2D eigenvalue weighted by Crippen LogP contribution is -2.14. The van der Waals surface area contributed by atoms with Crippen molar-refractivity contribution in [1.82, 2.24) is 14.8 Å². The molecule has 1 N–H and O–H groups in total. The average molecular weight is 418 g/mol. The van der Waals surface area contributed by atoms with Gasteiger partial charge in [-0.2, -0.15) is 5.10 Å². The molecule has 0 unspecified atom stereocenters. The summed E-state index contributed by atoms with van der Waals surface area (Å²) in [4.78, 5) is 28.7. The van der Waals surface area contributed by atoms with E-state index < -0.39 is 5.91 Å². The summed E-state index contributed by atoms with van der Waals surface area (Å²) in [5.74, 6) is 1.68. The van der Waals surface area contributed by atoms with Crippen molar-refractivity contribution in [3.05, 3.63) is 77.8 Å². The van der Waals surface area contributed by atoms with Crippen LogP contribution in [0, 0.1) is 0 Å². The lowest BCUT2D eigenvalue weighted by molar-refractivity contribution is 0.0983. The number of carbonyl (C=O) groups is 2. The van der Waals surface area contributed by atoms with E-state index in [0.717, 1.165) is 5.56 Å². The number of aromatic nitrogens is 3. The molecule has 0 aliphatic rings. The van der Waals surface area contributed by atoms with Crippen LogP contribution in [0.4, 0.5) is 5.82 Å². The zero-order valence-corrected chi connectivity index (χ0v) is 17.5. The first-order valence-corrected chi connectivity index (χ1v) is 9.91. The summed E-state index contributed by atoms with van der Waals surface area (Å²) in [7, 11) is 0. The molecule has 0 aliphatic heterocycles. The van der Waals surface area contributed by atoms with Gasteiger partial charge < -0.3 is 14.2 Å². The molecule has 31 heavy (non-hydrogen) atoms. The van der Waals surface area contributed by atoms with E-state index in [1.54, 1.807) is 29.1 Å². The highest BCUT2D eigenvalue weighted by atomic mass is 16.4. The number of nitrogens with one attached hydrogen (secondary N) is 1. The van der Waals surface area contributed by atoms with Gasteiger partial charge in [0.2, 0.25) is 0 Å². The molecule has 3 heterocycles. The molecule has 8 nitrogen and oxygen atoms in total. The summed E-state index contributed by atoms with van der Waals surface area (Å²) < 4.78 is 13.0. The predicted molar refractivity (Wildman–Crippen MR) is 114 cm³/mol. The van der Waals surface area contributed by atoms with Crippen LogP contribution in [-0.4, -0.2) is 26.5 Å². The number of carbonyl (C=O) groups excluding carboxylic acids is 2. The van der Waals surface area contributed by atoms with E-state index in [1.807, 2.05) is 44.2 Å². The maximum absolute atomic E-state index is 13.0. The number of hydrogen-bond acceptors (Lipinski definition) is 6. The number of anilines is 1. The first-order valence-electron chi connectivity index (χ1n) is 9.91. The number of furan rings is 1. The van der Waals surface area contributed by atoms with Crippen LogP contribution < -0.4 is 5.32 Å². The highest BCUT2D eigenvalue weighted by Crippen LogP contribution is 2.28. The number of hydrogen-bond donors (Lipinski definition) is 1. The Kier molecular flexibility index (Phi) is 5.53. The Morgan fingerprint density at radius 3 is 2.52 bits per heavy atom. The minimum absolute atomic E-state index is 0.0383. The van der Waals surface area contributed by atoms with Crippen LogP contribution in [0.15, 0.2) is 63.6 Å². The zero-order chi connectivity index (χ0) is 22.0. The van der Waals surface area contributed by atoms with E-state index >= 15 is 0 Å². The highest BCUT2D eigenvalue weighted by Gasteiger charge is 2.23. The van der Waals surface area contributed by atoms with E-state index in [1.165, 1.54) is 6.92 Å². The lowest BCUT2D eigenvalue weighted by atomic mass is 10.1. The van der Waals surface area contributed by atoms with Crippen molar-refractivity contribution in [2.75, 3.05) is 5.32 Å². The van der Waals surface area contributed by atoms with Gasteiger partial charge >= 0.3 is 0 Å². The second-order valence-corrected chi connectivity index (χ2v) is 7.43. The Bertz CT molecular complexity index is 1220. The molecule has 4 aromatic rings. The van der Waals surface area contributed by atoms with Crippen LogP contribution >= 0.6 is 0 Å². The zero-order valence-electron chi connectivity index (χ0n) is 17.5. The number of Topliss-reactive ketones (excluding diaryl/α,β-unsaturated/α-hetero) is 1. The van der Waals surface area contributed by atoms with E-state index in [2.05, 4.69) is 15.4 Å². The molecule has 0 radical (unpaired) electrons. The molecule has 0 saturated heterocycles. The molecule has 3 aromatic heterocycles. The van der Waals surface area contributed by atoms with Crippen molar-refractivity contribution < 1.29 is 18.4 Å². The van der Waals surface area contributed by atoms with E-state index in [9.17, 15) is 9.59 Å². The van der Waals surface area contributed by atoms with Crippen LogP contribution in [0.1, 0.15) is 59.4 Å².